The van der Waals surface area contributed by atoms with Crippen molar-refractivity contribution in [2.75, 3.05) is 19.0 Å². The summed E-state index contributed by atoms with van der Waals surface area (Å²) in [6, 6.07) is 14.3. The summed E-state index contributed by atoms with van der Waals surface area (Å²) < 4.78 is 23.6. The summed E-state index contributed by atoms with van der Waals surface area (Å²) >= 11 is 0. The van der Waals surface area contributed by atoms with Gasteiger partial charge in [-0.05, 0) is 48.5 Å². The van der Waals surface area contributed by atoms with Crippen molar-refractivity contribution in [1.82, 2.24) is 10.9 Å². The molecule has 0 saturated heterocycles. The van der Waals surface area contributed by atoms with E-state index < -0.39 is 28.5 Å². The molecule has 12 heteroatoms. The van der Waals surface area contributed by atoms with Crippen LogP contribution in [0, 0.1) is 15.9 Å². The van der Waals surface area contributed by atoms with Crippen LogP contribution >= 0.6 is 0 Å². The molecule has 3 aromatic carbocycles. The molecule has 11 nitrogen and oxygen atoms in total. The molecule has 0 heterocycles. The van der Waals surface area contributed by atoms with E-state index in [1.54, 1.807) is 0 Å². The lowest BCUT2D eigenvalue weighted by Gasteiger charge is -2.13. The molecule has 0 spiro atoms. The Morgan fingerprint density at radius 3 is 2.20 bits per heavy atom. The Morgan fingerprint density at radius 2 is 1.57 bits per heavy atom. The van der Waals surface area contributed by atoms with Gasteiger partial charge in [0.1, 0.15) is 5.82 Å². The highest BCUT2D eigenvalue weighted by molar-refractivity contribution is 5.99. The summed E-state index contributed by atoms with van der Waals surface area (Å²) in [7, 11) is 1.34. The third-order valence-electron chi connectivity index (χ3n) is 4.52. The number of hydrogen-bond donors (Lipinski definition) is 3. The lowest BCUT2D eigenvalue weighted by atomic mass is 10.2. The van der Waals surface area contributed by atoms with Crippen LogP contribution in [0.5, 0.6) is 11.5 Å². The van der Waals surface area contributed by atoms with Gasteiger partial charge in [-0.1, -0.05) is 6.07 Å². The molecule has 0 unspecified atom stereocenters. The van der Waals surface area contributed by atoms with Crippen molar-refractivity contribution in [2.24, 2.45) is 0 Å². The number of ether oxygens (including phenoxy) is 2. The second-order valence-electron chi connectivity index (χ2n) is 6.93. The number of nitrogens with one attached hydrogen (secondary N) is 3. The van der Waals surface area contributed by atoms with E-state index in [-0.39, 0.29) is 34.9 Å². The number of non-ortho nitro benzene ring substituents is 1. The highest BCUT2D eigenvalue weighted by Gasteiger charge is 2.15. The van der Waals surface area contributed by atoms with Crippen LogP contribution in [0.3, 0.4) is 0 Å². The number of nitro benzene ring substituents is 1. The first kappa shape index (κ1) is 24.6. The average molecular weight is 482 g/mol. The Bertz CT molecular complexity index is 1260. The fraction of sp³-hybridized carbons (Fsp3) is 0.0870. The fourth-order valence-electron chi connectivity index (χ4n) is 2.82. The van der Waals surface area contributed by atoms with Crippen LogP contribution in [0.1, 0.15) is 20.7 Å². The maximum Gasteiger partial charge on any atom is 0.270 e. The normalized spacial score (nSPS) is 10.1. The summed E-state index contributed by atoms with van der Waals surface area (Å²) in [6.07, 6.45) is 0. The molecule has 180 valence electrons. The zero-order chi connectivity index (χ0) is 25.4. The molecule has 3 N–H and O–H groups in total. The van der Waals surface area contributed by atoms with E-state index in [2.05, 4.69) is 16.2 Å². The average Bonchev–Trinajstić information content (AvgIpc) is 2.87. The van der Waals surface area contributed by atoms with E-state index in [4.69, 9.17) is 9.47 Å². The van der Waals surface area contributed by atoms with Crippen LogP contribution in [-0.4, -0.2) is 36.4 Å². The largest absolute Gasteiger partial charge is 0.493 e. The van der Waals surface area contributed by atoms with Gasteiger partial charge in [-0.25, -0.2) is 4.39 Å². The van der Waals surface area contributed by atoms with Gasteiger partial charge in [0, 0.05) is 28.9 Å². The first-order valence-electron chi connectivity index (χ1n) is 9.98. The van der Waals surface area contributed by atoms with Gasteiger partial charge in [0.15, 0.2) is 18.1 Å². The van der Waals surface area contributed by atoms with Crippen molar-refractivity contribution < 1.29 is 33.2 Å². The standard InChI is InChI=1S/C23H19FN4O7/c1-34-20-12-15(23(31)27-26-22(30)14-3-2-4-18(11-14)28(32)33)5-10-19(20)35-13-21(29)25-17-8-6-16(24)7-9-17/h2-12H,13H2,1H3,(H,25,29)(H,26,30)(H,27,31). The number of carbonyl (C=O) groups excluding carboxylic acids is 3. The van der Waals surface area contributed by atoms with Crippen molar-refractivity contribution in [1.29, 1.82) is 0 Å². The molecular formula is C23H19FN4O7. The molecule has 0 atom stereocenters. The number of carbonyl (C=O) groups is 3. The number of nitrogens with zero attached hydrogens (tertiary/aromatic N) is 1. The van der Waals surface area contributed by atoms with Gasteiger partial charge in [-0.3, -0.25) is 35.3 Å². The SMILES string of the molecule is COc1cc(C(=O)NNC(=O)c2cccc([N+](=O)[O-])c2)ccc1OCC(=O)Nc1ccc(F)cc1. The number of halogens is 1. The lowest BCUT2D eigenvalue weighted by molar-refractivity contribution is -0.384. The second kappa shape index (κ2) is 11.2. The second-order valence-corrected chi connectivity index (χ2v) is 6.93. The first-order chi connectivity index (χ1) is 16.8. The number of amides is 3. The Balaban J connectivity index is 1.57. The van der Waals surface area contributed by atoms with Crippen LogP contribution in [0.15, 0.2) is 66.7 Å². The zero-order valence-corrected chi connectivity index (χ0v) is 18.2. The van der Waals surface area contributed by atoms with E-state index >= 15 is 0 Å². The molecule has 0 bridgehead atoms. The van der Waals surface area contributed by atoms with Crippen molar-refractivity contribution in [3.8, 4) is 11.5 Å². The Labute approximate surface area is 198 Å². The molecule has 0 aromatic heterocycles. The van der Waals surface area contributed by atoms with Crippen molar-refractivity contribution >= 4 is 29.1 Å². The highest BCUT2D eigenvalue weighted by Crippen LogP contribution is 2.28. The van der Waals surface area contributed by atoms with Gasteiger partial charge in [0.25, 0.3) is 23.4 Å². The minimum atomic E-state index is -0.749. The molecule has 0 fully saturated rings. The summed E-state index contributed by atoms with van der Waals surface area (Å²) in [5.41, 5.74) is 4.59. The minimum Gasteiger partial charge on any atom is -0.493 e. The lowest BCUT2D eigenvalue weighted by Crippen LogP contribution is -2.41. The quantitative estimate of drug-likeness (QED) is 0.330. The van der Waals surface area contributed by atoms with Gasteiger partial charge < -0.3 is 14.8 Å². The van der Waals surface area contributed by atoms with Crippen molar-refractivity contribution in [2.45, 2.75) is 0 Å². The van der Waals surface area contributed by atoms with E-state index in [0.29, 0.717) is 5.69 Å². The Kier molecular flexibility index (Phi) is 7.90. The predicted octanol–water partition coefficient (Wildman–Crippen LogP) is 2.83. The maximum atomic E-state index is 13.0. The molecule has 0 saturated carbocycles. The van der Waals surface area contributed by atoms with Crippen LogP contribution in [0.2, 0.25) is 0 Å². The Morgan fingerprint density at radius 1 is 0.914 bits per heavy atom. The van der Waals surface area contributed by atoms with Crippen LogP contribution < -0.4 is 25.6 Å². The van der Waals surface area contributed by atoms with Crippen molar-refractivity contribution in [3.63, 3.8) is 0 Å². The van der Waals surface area contributed by atoms with E-state index in [9.17, 15) is 28.9 Å². The summed E-state index contributed by atoms with van der Waals surface area (Å²) in [6.45, 7) is -0.376. The number of hydrazine groups is 1. The first-order valence-corrected chi connectivity index (χ1v) is 9.98. The molecular weight excluding hydrogens is 463 g/mol. The third-order valence-corrected chi connectivity index (χ3v) is 4.52. The maximum absolute atomic E-state index is 13.0. The zero-order valence-electron chi connectivity index (χ0n) is 18.2. The number of hydrogen-bond acceptors (Lipinski definition) is 7. The van der Waals surface area contributed by atoms with E-state index in [0.717, 1.165) is 6.07 Å². The molecule has 3 aromatic rings. The number of anilines is 1. The smallest absolute Gasteiger partial charge is 0.270 e. The van der Waals surface area contributed by atoms with Crippen LogP contribution in [0.4, 0.5) is 15.8 Å². The Hall–Kier alpha value is -5.00. The summed E-state index contributed by atoms with van der Waals surface area (Å²) in [4.78, 5) is 46.8. The predicted molar refractivity (Wildman–Crippen MR) is 122 cm³/mol. The monoisotopic (exact) mass is 482 g/mol. The van der Waals surface area contributed by atoms with Gasteiger partial charge in [-0.2, -0.15) is 0 Å². The fourth-order valence-corrected chi connectivity index (χ4v) is 2.82. The van der Waals surface area contributed by atoms with Crippen LogP contribution in [-0.2, 0) is 4.79 Å². The molecule has 0 radical (unpaired) electrons. The number of methoxy groups -OCH3 is 1. The van der Waals surface area contributed by atoms with E-state index in [1.165, 1.54) is 67.8 Å². The summed E-state index contributed by atoms with van der Waals surface area (Å²) in [5.74, 6) is -2.04. The molecule has 0 aliphatic carbocycles. The van der Waals surface area contributed by atoms with Gasteiger partial charge in [0.2, 0.25) is 0 Å². The number of rotatable bonds is 8. The summed E-state index contributed by atoms with van der Waals surface area (Å²) in [5, 5.41) is 13.4. The van der Waals surface area contributed by atoms with Crippen LogP contribution in [0.25, 0.3) is 0 Å². The topological polar surface area (TPSA) is 149 Å². The van der Waals surface area contributed by atoms with Crippen molar-refractivity contribution in [3.05, 3.63) is 93.8 Å². The van der Waals surface area contributed by atoms with Gasteiger partial charge in [-0.15, -0.1) is 0 Å². The van der Waals surface area contributed by atoms with E-state index in [1.807, 2.05) is 0 Å². The molecule has 0 aliphatic heterocycles. The van der Waals surface area contributed by atoms with Gasteiger partial charge >= 0.3 is 0 Å². The minimum absolute atomic E-state index is 0.0141. The molecule has 3 rings (SSSR count). The third kappa shape index (κ3) is 6.74. The molecule has 35 heavy (non-hydrogen) atoms. The highest BCUT2D eigenvalue weighted by atomic mass is 19.1. The number of nitro groups is 1. The molecule has 0 aliphatic rings. The number of benzene rings is 3. The molecule has 3 amide bonds. The van der Waals surface area contributed by atoms with Gasteiger partial charge in [0.05, 0.1) is 12.0 Å².